The molecule has 0 aliphatic carbocycles. The molecule has 3 rings (SSSR count). The number of ether oxygens (including phenoxy) is 2. The summed E-state index contributed by atoms with van der Waals surface area (Å²) in [5.41, 5.74) is 1.29. The van der Waals surface area contributed by atoms with Gasteiger partial charge >= 0.3 is 0 Å². The smallest absolute Gasteiger partial charge is 0.227 e. The number of methoxy groups -OCH3 is 2. The zero-order valence-electron chi connectivity index (χ0n) is 16.5. The number of nitrogens with zero attached hydrogens (tertiary/aromatic N) is 2. The van der Waals surface area contributed by atoms with Crippen molar-refractivity contribution in [1.82, 2.24) is 9.97 Å². The molecule has 0 aliphatic heterocycles. The summed E-state index contributed by atoms with van der Waals surface area (Å²) in [6.45, 7) is 0. The number of hydrogen-bond donors (Lipinski definition) is 2. The van der Waals surface area contributed by atoms with Gasteiger partial charge in [0.05, 0.1) is 20.4 Å². The molecule has 1 atom stereocenters. The van der Waals surface area contributed by atoms with Crippen LogP contribution in [-0.2, 0) is 9.71 Å². The monoisotopic (exact) mass is 434 g/mol. The molecule has 0 spiro atoms. The summed E-state index contributed by atoms with van der Waals surface area (Å²) >= 11 is 0. The highest BCUT2D eigenvalue weighted by molar-refractivity contribution is 7.98. The van der Waals surface area contributed by atoms with Crippen molar-refractivity contribution in [1.29, 1.82) is 0 Å². The van der Waals surface area contributed by atoms with Crippen molar-refractivity contribution < 1.29 is 22.5 Å². The van der Waals surface area contributed by atoms with E-state index in [0.29, 0.717) is 17.0 Å². The van der Waals surface area contributed by atoms with Crippen molar-refractivity contribution in [2.45, 2.75) is 0 Å². The van der Waals surface area contributed by atoms with Crippen molar-refractivity contribution in [3.05, 3.63) is 59.8 Å². The predicted molar refractivity (Wildman–Crippen MR) is 114 cm³/mol. The fraction of sp³-hybridized carbons (Fsp3) is 0.150. The lowest BCUT2D eigenvalue weighted by molar-refractivity contribution is 0.412. The molecule has 2 aromatic carbocycles. The fourth-order valence-corrected chi connectivity index (χ4v) is 3.43. The van der Waals surface area contributed by atoms with Gasteiger partial charge in [-0.25, -0.2) is 18.7 Å². The molecule has 158 valence electrons. The van der Waals surface area contributed by atoms with Crippen LogP contribution in [0.25, 0.3) is 11.3 Å². The lowest BCUT2D eigenvalue weighted by Gasteiger charge is -2.12. The molecule has 3 N–H and O–H groups in total. The molecule has 1 unspecified atom stereocenters. The molecule has 1 heterocycles. The Morgan fingerprint density at radius 3 is 2.57 bits per heavy atom. The van der Waals surface area contributed by atoms with Crippen LogP contribution in [-0.4, -0.2) is 40.0 Å². The molecule has 0 radical (unpaired) electrons. The van der Waals surface area contributed by atoms with Gasteiger partial charge in [-0.2, -0.15) is 0 Å². The Hall–Kier alpha value is -3.24. The molecule has 7 nitrogen and oxygen atoms in total. The maximum Gasteiger partial charge on any atom is 0.227 e. The van der Waals surface area contributed by atoms with Crippen LogP contribution >= 0.6 is 0 Å². The molecule has 1 aromatic heterocycles. The van der Waals surface area contributed by atoms with Crippen LogP contribution in [0.1, 0.15) is 5.56 Å². The number of rotatable bonds is 6. The molecular formula is C20H20F2N4O3S. The summed E-state index contributed by atoms with van der Waals surface area (Å²) < 4.78 is 50.2. The number of nitrogens with one attached hydrogen (secondary N) is 1. The number of aromatic nitrogens is 2. The van der Waals surface area contributed by atoms with Crippen molar-refractivity contribution in [3.8, 4) is 22.8 Å². The van der Waals surface area contributed by atoms with Gasteiger partial charge in [-0.3, -0.25) is 9.35 Å². The van der Waals surface area contributed by atoms with Crippen LogP contribution in [0.5, 0.6) is 11.5 Å². The summed E-state index contributed by atoms with van der Waals surface area (Å²) in [6.07, 6.45) is 2.41. The summed E-state index contributed by atoms with van der Waals surface area (Å²) in [6, 6.07) is 8.71. The van der Waals surface area contributed by atoms with E-state index in [4.69, 9.17) is 14.6 Å². The van der Waals surface area contributed by atoms with Crippen LogP contribution in [0.2, 0.25) is 0 Å². The largest absolute Gasteiger partial charge is 0.497 e. The average Bonchev–Trinajstić information content (AvgIpc) is 2.68. The Kier molecular flexibility index (Phi) is 6.18. The third-order valence-corrected chi connectivity index (χ3v) is 4.69. The second-order valence-corrected chi connectivity index (χ2v) is 8.61. The quantitative estimate of drug-likeness (QED) is 0.579. The molecule has 0 saturated carbocycles. The highest BCUT2D eigenvalue weighted by Gasteiger charge is 2.15. The summed E-state index contributed by atoms with van der Waals surface area (Å²) in [7, 11) is 0.208. The van der Waals surface area contributed by atoms with Gasteiger partial charge in [0.15, 0.2) is 5.82 Å². The number of anilines is 2. The topological polar surface area (TPSA) is 99.4 Å². The third-order valence-electron chi connectivity index (χ3n) is 3.95. The average molecular weight is 434 g/mol. The summed E-state index contributed by atoms with van der Waals surface area (Å²) in [5.74, 6) is -0.508. The molecule has 3 aromatic rings. The Labute approximate surface area is 173 Å². The van der Waals surface area contributed by atoms with Gasteiger partial charge in [0.25, 0.3) is 0 Å². The zero-order chi connectivity index (χ0) is 21.9. The van der Waals surface area contributed by atoms with Crippen LogP contribution in [0.15, 0.2) is 42.6 Å². The number of halogens is 2. The minimum absolute atomic E-state index is 0.0578. The lowest BCUT2D eigenvalue weighted by Crippen LogP contribution is -2.13. The van der Waals surface area contributed by atoms with Crippen molar-refractivity contribution >= 4 is 26.7 Å². The van der Waals surface area contributed by atoms with E-state index in [1.54, 1.807) is 18.2 Å². The van der Waals surface area contributed by atoms with Crippen molar-refractivity contribution in [2.24, 2.45) is 5.14 Å². The molecule has 0 aliphatic rings. The Bertz CT molecular complexity index is 1200. The van der Waals surface area contributed by atoms with Crippen LogP contribution in [0, 0.1) is 11.6 Å². The van der Waals surface area contributed by atoms with E-state index in [2.05, 4.69) is 15.3 Å². The lowest BCUT2D eigenvalue weighted by atomic mass is 10.1. The van der Waals surface area contributed by atoms with E-state index in [-0.39, 0.29) is 23.0 Å². The van der Waals surface area contributed by atoms with Gasteiger partial charge in [0.1, 0.15) is 23.0 Å². The normalized spacial score (nSPS) is 12.7. The first kappa shape index (κ1) is 21.5. The first-order valence-electron chi connectivity index (χ1n) is 8.63. The van der Waals surface area contributed by atoms with Gasteiger partial charge in [-0.05, 0) is 29.8 Å². The maximum atomic E-state index is 14.4. The van der Waals surface area contributed by atoms with Gasteiger partial charge in [0.2, 0.25) is 5.95 Å². The first-order valence-corrected chi connectivity index (χ1v) is 10.7. The number of benzene rings is 2. The minimum atomic E-state index is -2.64. The van der Waals surface area contributed by atoms with Crippen LogP contribution in [0.3, 0.4) is 0 Å². The molecule has 10 heteroatoms. The standard InChI is InChI=1S/C20H20F2N4O3S/c1-28-15-7-12(11-30(3,23)27)6-14(9-15)25-20-24-10-17(22)19(26-20)16-5-4-13(21)8-18(16)29-2/h4-11H,1-3H3,(H2,23,27)(H,24,25,26). The molecule has 0 saturated heterocycles. The van der Waals surface area contributed by atoms with Crippen LogP contribution < -0.4 is 19.9 Å². The Morgan fingerprint density at radius 1 is 1.13 bits per heavy atom. The molecule has 0 fully saturated rings. The highest BCUT2D eigenvalue weighted by Crippen LogP contribution is 2.32. The Balaban J connectivity index is 2.02. The SMILES string of the molecule is COc1cc(C=S(C)(N)=O)cc(Nc2ncc(F)c(-c3ccc(F)cc3OC)n2)c1. The van der Waals surface area contributed by atoms with E-state index >= 15 is 0 Å². The first-order chi connectivity index (χ1) is 14.2. The second kappa shape index (κ2) is 8.64. The fourth-order valence-electron chi connectivity index (χ4n) is 2.76. The van der Waals surface area contributed by atoms with Gasteiger partial charge in [-0.15, -0.1) is 0 Å². The summed E-state index contributed by atoms with van der Waals surface area (Å²) in [5, 5.41) is 9.98. The maximum absolute atomic E-state index is 14.4. The molecule has 0 amide bonds. The van der Waals surface area contributed by atoms with E-state index in [1.165, 1.54) is 38.0 Å². The second-order valence-electron chi connectivity index (χ2n) is 6.44. The number of hydrogen-bond acceptors (Lipinski definition) is 6. The summed E-state index contributed by atoms with van der Waals surface area (Å²) in [4.78, 5) is 8.15. The van der Waals surface area contributed by atoms with Crippen molar-refractivity contribution in [3.63, 3.8) is 0 Å². The molecule has 30 heavy (non-hydrogen) atoms. The molecule has 0 bridgehead atoms. The number of nitrogens with two attached hydrogens (primary N) is 1. The van der Waals surface area contributed by atoms with E-state index < -0.39 is 21.3 Å². The van der Waals surface area contributed by atoms with Gasteiger partial charge in [-0.1, -0.05) is 0 Å². The Morgan fingerprint density at radius 2 is 1.90 bits per heavy atom. The molecular weight excluding hydrogens is 414 g/mol. The zero-order valence-corrected chi connectivity index (χ0v) is 17.3. The predicted octanol–water partition coefficient (Wildman–Crippen LogP) is 3.12. The van der Waals surface area contributed by atoms with Crippen LogP contribution in [0.4, 0.5) is 20.4 Å². The van der Waals surface area contributed by atoms with E-state index in [1.807, 2.05) is 0 Å². The highest BCUT2D eigenvalue weighted by atomic mass is 32.2. The van der Waals surface area contributed by atoms with E-state index in [9.17, 15) is 13.0 Å². The third kappa shape index (κ3) is 5.22. The van der Waals surface area contributed by atoms with Gasteiger partial charge in [0, 0.05) is 44.7 Å². The minimum Gasteiger partial charge on any atom is -0.497 e. The van der Waals surface area contributed by atoms with Crippen molar-refractivity contribution in [2.75, 3.05) is 25.8 Å². The van der Waals surface area contributed by atoms with Gasteiger partial charge < -0.3 is 14.8 Å². The van der Waals surface area contributed by atoms with E-state index in [0.717, 1.165) is 12.3 Å².